The number of hydrogen-bond donors (Lipinski definition) is 1. The van der Waals surface area contributed by atoms with E-state index in [0.717, 1.165) is 17.7 Å². The van der Waals surface area contributed by atoms with Gasteiger partial charge in [-0.1, -0.05) is 12.1 Å². The van der Waals surface area contributed by atoms with E-state index in [1.54, 1.807) is 13.0 Å². The van der Waals surface area contributed by atoms with Gasteiger partial charge in [0.05, 0.1) is 11.3 Å². The smallest absolute Gasteiger partial charge is 0.416 e. The number of alkyl halides is 3. The molecule has 0 saturated carbocycles. The Kier molecular flexibility index (Phi) is 4.88. The lowest BCUT2D eigenvalue weighted by Gasteiger charge is -2.11. The van der Waals surface area contributed by atoms with Crippen molar-refractivity contribution >= 4 is 11.6 Å². The maximum absolute atomic E-state index is 13.5. The Bertz CT molecular complexity index is 713. The molecule has 23 heavy (non-hydrogen) atoms. The minimum atomic E-state index is -4.49. The van der Waals surface area contributed by atoms with Crippen LogP contribution in [0.1, 0.15) is 11.1 Å². The summed E-state index contributed by atoms with van der Waals surface area (Å²) in [5.74, 6) is -1.38. The van der Waals surface area contributed by atoms with E-state index in [4.69, 9.17) is 4.74 Å². The maximum Gasteiger partial charge on any atom is 0.416 e. The van der Waals surface area contributed by atoms with Crippen molar-refractivity contribution in [3.63, 3.8) is 0 Å². The van der Waals surface area contributed by atoms with Crippen LogP contribution in [0.4, 0.5) is 23.2 Å². The zero-order valence-corrected chi connectivity index (χ0v) is 12.1. The third kappa shape index (κ3) is 4.70. The lowest BCUT2D eigenvalue weighted by atomic mass is 10.2. The van der Waals surface area contributed by atoms with Gasteiger partial charge in [-0.05, 0) is 42.8 Å². The first-order valence-corrected chi connectivity index (χ1v) is 6.62. The van der Waals surface area contributed by atoms with Crippen molar-refractivity contribution in [3.8, 4) is 5.75 Å². The Balaban J connectivity index is 1.98. The van der Waals surface area contributed by atoms with Crippen LogP contribution >= 0.6 is 0 Å². The predicted octanol–water partition coefficient (Wildman–Crippen LogP) is 4.17. The quantitative estimate of drug-likeness (QED) is 0.856. The van der Waals surface area contributed by atoms with Crippen molar-refractivity contribution in [2.45, 2.75) is 13.1 Å². The Morgan fingerprint density at radius 2 is 1.91 bits per heavy atom. The molecule has 0 bridgehead atoms. The molecule has 0 heterocycles. The first kappa shape index (κ1) is 16.8. The van der Waals surface area contributed by atoms with Gasteiger partial charge in [-0.15, -0.1) is 0 Å². The Labute approximate surface area is 129 Å². The van der Waals surface area contributed by atoms with Crippen molar-refractivity contribution < 1.29 is 27.1 Å². The number of carbonyl (C=O) groups is 1. The monoisotopic (exact) mass is 327 g/mol. The number of ether oxygens (including phenoxy) is 1. The minimum absolute atomic E-state index is 0.0114. The number of amides is 1. The SMILES string of the molecule is Cc1ccc(F)c(NC(=O)COc2cccc(C(F)(F)F)c2)c1. The molecular formula is C16H13F4NO2. The average molecular weight is 327 g/mol. The predicted molar refractivity (Wildman–Crippen MR) is 76.7 cm³/mol. The first-order chi connectivity index (χ1) is 10.8. The van der Waals surface area contributed by atoms with Crippen LogP contribution in [0.2, 0.25) is 0 Å². The van der Waals surface area contributed by atoms with Crippen molar-refractivity contribution in [1.82, 2.24) is 0 Å². The third-order valence-corrected chi connectivity index (χ3v) is 2.93. The van der Waals surface area contributed by atoms with E-state index in [1.165, 1.54) is 24.3 Å². The van der Waals surface area contributed by atoms with Crippen LogP contribution in [0, 0.1) is 12.7 Å². The molecule has 0 fully saturated rings. The van der Waals surface area contributed by atoms with E-state index in [1.807, 2.05) is 0 Å². The zero-order chi connectivity index (χ0) is 17.0. The highest BCUT2D eigenvalue weighted by Crippen LogP contribution is 2.31. The molecule has 2 aromatic carbocycles. The summed E-state index contributed by atoms with van der Waals surface area (Å²) in [6.45, 7) is 1.20. The highest BCUT2D eigenvalue weighted by atomic mass is 19.4. The Morgan fingerprint density at radius 1 is 1.17 bits per heavy atom. The number of hydrogen-bond acceptors (Lipinski definition) is 2. The van der Waals surface area contributed by atoms with Gasteiger partial charge in [-0.25, -0.2) is 4.39 Å². The van der Waals surface area contributed by atoms with E-state index in [2.05, 4.69) is 5.32 Å². The fourth-order valence-corrected chi connectivity index (χ4v) is 1.83. The number of aryl methyl sites for hydroxylation is 1. The van der Waals surface area contributed by atoms with Gasteiger partial charge >= 0.3 is 6.18 Å². The van der Waals surface area contributed by atoms with E-state index >= 15 is 0 Å². The van der Waals surface area contributed by atoms with E-state index < -0.39 is 30.1 Å². The summed E-state index contributed by atoms with van der Waals surface area (Å²) in [4.78, 5) is 11.7. The van der Waals surface area contributed by atoms with Crippen LogP contribution < -0.4 is 10.1 Å². The van der Waals surface area contributed by atoms with Gasteiger partial charge in [-0.2, -0.15) is 13.2 Å². The van der Waals surface area contributed by atoms with Gasteiger partial charge in [0.2, 0.25) is 0 Å². The van der Waals surface area contributed by atoms with Gasteiger partial charge in [0, 0.05) is 0 Å². The van der Waals surface area contributed by atoms with Crippen LogP contribution in [0.3, 0.4) is 0 Å². The third-order valence-electron chi connectivity index (χ3n) is 2.93. The number of anilines is 1. The van der Waals surface area contributed by atoms with Gasteiger partial charge in [0.25, 0.3) is 5.91 Å². The molecule has 122 valence electrons. The highest BCUT2D eigenvalue weighted by molar-refractivity contribution is 5.92. The number of nitrogens with one attached hydrogen (secondary N) is 1. The normalized spacial score (nSPS) is 11.2. The summed E-state index contributed by atoms with van der Waals surface area (Å²) in [6.07, 6.45) is -4.49. The zero-order valence-electron chi connectivity index (χ0n) is 12.1. The van der Waals surface area contributed by atoms with E-state index in [-0.39, 0.29) is 11.4 Å². The van der Waals surface area contributed by atoms with Gasteiger partial charge in [-0.3, -0.25) is 4.79 Å². The Morgan fingerprint density at radius 3 is 2.61 bits per heavy atom. The molecule has 0 atom stereocenters. The van der Waals surface area contributed by atoms with Crippen molar-refractivity contribution in [2.75, 3.05) is 11.9 Å². The molecule has 0 aliphatic rings. The molecule has 0 aromatic heterocycles. The molecular weight excluding hydrogens is 314 g/mol. The summed E-state index contributed by atoms with van der Waals surface area (Å²) in [7, 11) is 0. The number of benzene rings is 2. The van der Waals surface area contributed by atoms with Crippen LogP contribution in [-0.2, 0) is 11.0 Å². The summed E-state index contributed by atoms with van der Waals surface area (Å²) in [5.41, 5.74) is -0.136. The van der Waals surface area contributed by atoms with Crippen LogP contribution in [0.5, 0.6) is 5.75 Å². The van der Waals surface area contributed by atoms with Crippen LogP contribution in [0.25, 0.3) is 0 Å². The van der Waals surface area contributed by atoms with E-state index in [9.17, 15) is 22.4 Å². The van der Waals surface area contributed by atoms with Crippen molar-refractivity contribution in [3.05, 3.63) is 59.4 Å². The second kappa shape index (κ2) is 6.68. The largest absolute Gasteiger partial charge is 0.484 e. The first-order valence-electron chi connectivity index (χ1n) is 6.62. The number of carbonyl (C=O) groups excluding carboxylic acids is 1. The van der Waals surface area contributed by atoms with Gasteiger partial charge in [0.1, 0.15) is 11.6 Å². The molecule has 0 aliphatic carbocycles. The molecule has 7 heteroatoms. The molecule has 0 aliphatic heterocycles. The molecule has 0 unspecified atom stereocenters. The topological polar surface area (TPSA) is 38.3 Å². The highest BCUT2D eigenvalue weighted by Gasteiger charge is 2.30. The van der Waals surface area contributed by atoms with Crippen LogP contribution in [0.15, 0.2) is 42.5 Å². The van der Waals surface area contributed by atoms with E-state index in [0.29, 0.717) is 0 Å². The lowest BCUT2D eigenvalue weighted by Crippen LogP contribution is -2.21. The number of halogens is 4. The molecule has 0 radical (unpaired) electrons. The molecule has 1 N–H and O–H groups in total. The molecule has 2 rings (SSSR count). The molecule has 0 spiro atoms. The van der Waals surface area contributed by atoms with Crippen molar-refractivity contribution in [2.24, 2.45) is 0 Å². The second-order valence-electron chi connectivity index (χ2n) is 4.85. The fraction of sp³-hybridized carbons (Fsp3) is 0.188. The van der Waals surface area contributed by atoms with Crippen molar-refractivity contribution in [1.29, 1.82) is 0 Å². The summed E-state index contributed by atoms with van der Waals surface area (Å²) >= 11 is 0. The summed E-state index contributed by atoms with van der Waals surface area (Å²) in [5, 5.41) is 2.30. The molecule has 1 amide bonds. The van der Waals surface area contributed by atoms with Gasteiger partial charge in [0.15, 0.2) is 6.61 Å². The van der Waals surface area contributed by atoms with Crippen LogP contribution in [-0.4, -0.2) is 12.5 Å². The molecule has 0 saturated heterocycles. The number of rotatable bonds is 4. The molecule has 3 nitrogen and oxygen atoms in total. The molecule has 2 aromatic rings. The average Bonchev–Trinajstić information content (AvgIpc) is 2.48. The minimum Gasteiger partial charge on any atom is -0.484 e. The fourth-order valence-electron chi connectivity index (χ4n) is 1.83. The lowest BCUT2D eigenvalue weighted by molar-refractivity contribution is -0.137. The maximum atomic E-state index is 13.5. The Hall–Kier alpha value is -2.57. The summed E-state index contributed by atoms with van der Waals surface area (Å²) in [6, 6.07) is 8.36. The van der Waals surface area contributed by atoms with Gasteiger partial charge < -0.3 is 10.1 Å². The second-order valence-corrected chi connectivity index (χ2v) is 4.85. The summed E-state index contributed by atoms with van der Waals surface area (Å²) < 4.78 is 56.2. The standard InChI is InChI=1S/C16H13F4NO2/c1-10-5-6-13(17)14(7-10)21-15(22)9-23-12-4-2-3-11(8-12)16(18,19)20/h2-8H,9H2,1H3,(H,21,22).